The van der Waals surface area contributed by atoms with Crippen molar-refractivity contribution in [3.8, 4) is 17.6 Å². The molecule has 0 bridgehead atoms. The van der Waals surface area contributed by atoms with Crippen LogP contribution in [-0.4, -0.2) is 37.0 Å². The summed E-state index contributed by atoms with van der Waals surface area (Å²) in [6.07, 6.45) is 1.95. The Hall–Kier alpha value is -3.76. The first-order valence-corrected chi connectivity index (χ1v) is 11.3. The molecule has 4 rings (SSSR count). The van der Waals surface area contributed by atoms with E-state index in [2.05, 4.69) is 12.1 Å². The van der Waals surface area contributed by atoms with Crippen molar-refractivity contribution < 1.29 is 14.3 Å². The van der Waals surface area contributed by atoms with E-state index < -0.39 is 5.92 Å². The second kappa shape index (κ2) is 9.62. The zero-order valence-electron chi connectivity index (χ0n) is 20.1. The SMILES string of the molecule is COc1cc(C2C(C#N)=C(N)N(N(C)C)C3=C2C(=O)CCC3)ccc1OCc1cccc(C)c1. The minimum absolute atomic E-state index is 0.0529. The summed E-state index contributed by atoms with van der Waals surface area (Å²) in [7, 11) is 5.30. The van der Waals surface area contributed by atoms with E-state index in [9.17, 15) is 10.1 Å². The maximum Gasteiger partial charge on any atom is 0.161 e. The van der Waals surface area contributed by atoms with Gasteiger partial charge < -0.3 is 15.2 Å². The predicted molar refractivity (Wildman–Crippen MR) is 129 cm³/mol. The molecule has 176 valence electrons. The highest BCUT2D eigenvalue weighted by Crippen LogP contribution is 2.46. The van der Waals surface area contributed by atoms with Crippen LogP contribution in [0, 0.1) is 18.3 Å². The molecule has 0 fully saturated rings. The van der Waals surface area contributed by atoms with Crippen molar-refractivity contribution in [1.82, 2.24) is 10.0 Å². The number of methoxy groups -OCH3 is 1. The number of Topliss-reactive ketones (excluding diaryl/α,β-unsaturated/α-hetero) is 1. The number of nitrogens with two attached hydrogens (primary N) is 1. The number of nitrogens with zero attached hydrogens (tertiary/aromatic N) is 3. The number of nitriles is 1. The van der Waals surface area contributed by atoms with Crippen LogP contribution >= 0.6 is 0 Å². The van der Waals surface area contributed by atoms with E-state index >= 15 is 0 Å². The van der Waals surface area contributed by atoms with Gasteiger partial charge in [0.25, 0.3) is 0 Å². The molecule has 2 aromatic carbocycles. The van der Waals surface area contributed by atoms with Gasteiger partial charge in [-0.25, -0.2) is 5.01 Å². The van der Waals surface area contributed by atoms with Crippen molar-refractivity contribution in [2.75, 3.05) is 21.2 Å². The van der Waals surface area contributed by atoms with E-state index in [1.165, 1.54) is 5.56 Å². The largest absolute Gasteiger partial charge is 0.493 e. The second-order valence-electron chi connectivity index (χ2n) is 8.83. The molecule has 2 aromatic rings. The number of hydrogen-bond donors (Lipinski definition) is 1. The predicted octanol–water partition coefficient (Wildman–Crippen LogP) is 4.16. The van der Waals surface area contributed by atoms with Gasteiger partial charge in [-0.15, -0.1) is 0 Å². The standard InChI is InChI=1S/C27H30N4O3/c1-17-7-5-8-18(13-17)16-34-23-12-11-19(14-24(23)33-4)25-20(15-28)27(29)31(30(2)3)21-9-6-10-22(32)26(21)25/h5,7-8,11-14,25H,6,9-10,16,29H2,1-4H3. The molecule has 0 saturated heterocycles. The summed E-state index contributed by atoms with van der Waals surface area (Å²) >= 11 is 0. The van der Waals surface area contributed by atoms with Crippen LogP contribution in [0.15, 0.2) is 65.1 Å². The van der Waals surface area contributed by atoms with Crippen LogP contribution in [0.2, 0.25) is 0 Å². The lowest BCUT2D eigenvalue weighted by molar-refractivity contribution is -0.116. The minimum Gasteiger partial charge on any atom is -0.493 e. The Morgan fingerprint density at radius 2 is 1.97 bits per heavy atom. The van der Waals surface area contributed by atoms with E-state index in [4.69, 9.17) is 15.2 Å². The van der Waals surface area contributed by atoms with Crippen molar-refractivity contribution >= 4 is 5.78 Å². The lowest BCUT2D eigenvalue weighted by Crippen LogP contribution is -2.45. The van der Waals surface area contributed by atoms with Crippen LogP contribution < -0.4 is 15.2 Å². The highest BCUT2D eigenvalue weighted by Gasteiger charge is 2.40. The number of benzene rings is 2. The van der Waals surface area contributed by atoms with Crippen LogP contribution in [-0.2, 0) is 11.4 Å². The Morgan fingerprint density at radius 1 is 1.18 bits per heavy atom. The first kappa shape index (κ1) is 23.4. The number of hydrogen-bond acceptors (Lipinski definition) is 7. The fraction of sp³-hybridized carbons (Fsp3) is 0.333. The molecule has 7 heteroatoms. The second-order valence-corrected chi connectivity index (χ2v) is 8.83. The third kappa shape index (κ3) is 4.25. The molecule has 7 nitrogen and oxygen atoms in total. The quantitative estimate of drug-likeness (QED) is 0.695. The Bertz CT molecular complexity index is 1220. The third-order valence-electron chi connectivity index (χ3n) is 6.28. The normalized spacial score (nSPS) is 18.2. The average molecular weight is 459 g/mol. The number of ether oxygens (including phenoxy) is 2. The molecular weight excluding hydrogens is 428 g/mol. The fourth-order valence-electron chi connectivity index (χ4n) is 4.80. The van der Waals surface area contributed by atoms with Gasteiger partial charge in [-0.05, 0) is 43.0 Å². The fourth-order valence-corrected chi connectivity index (χ4v) is 4.80. The molecule has 34 heavy (non-hydrogen) atoms. The summed E-state index contributed by atoms with van der Waals surface area (Å²) in [6, 6.07) is 16.0. The van der Waals surface area contributed by atoms with E-state index in [1.807, 2.05) is 62.4 Å². The summed E-state index contributed by atoms with van der Waals surface area (Å²) in [4.78, 5) is 13.1. The van der Waals surface area contributed by atoms with Crippen LogP contribution in [0.3, 0.4) is 0 Å². The van der Waals surface area contributed by atoms with E-state index in [1.54, 1.807) is 12.1 Å². The van der Waals surface area contributed by atoms with E-state index in [0.29, 0.717) is 41.5 Å². The Labute approximate surface area is 200 Å². The number of carbonyl (C=O) groups excluding carboxylic acids is 1. The van der Waals surface area contributed by atoms with Gasteiger partial charge in [0.05, 0.1) is 24.7 Å². The van der Waals surface area contributed by atoms with Crippen LogP contribution in [0.4, 0.5) is 0 Å². The summed E-state index contributed by atoms with van der Waals surface area (Å²) < 4.78 is 11.7. The molecule has 1 aliphatic heterocycles. The van der Waals surface area contributed by atoms with Crippen molar-refractivity contribution in [3.05, 3.63) is 81.8 Å². The summed E-state index contributed by atoms with van der Waals surface area (Å²) in [6.45, 7) is 2.45. The highest BCUT2D eigenvalue weighted by atomic mass is 16.5. The molecule has 1 heterocycles. The molecule has 1 aliphatic carbocycles. The molecule has 0 radical (unpaired) electrons. The molecule has 0 saturated carbocycles. The molecule has 0 amide bonds. The van der Waals surface area contributed by atoms with Gasteiger partial charge in [0, 0.05) is 31.8 Å². The van der Waals surface area contributed by atoms with E-state index in [0.717, 1.165) is 29.7 Å². The third-order valence-corrected chi connectivity index (χ3v) is 6.28. The summed E-state index contributed by atoms with van der Waals surface area (Å²) in [5.74, 6) is 1.00. The molecule has 0 spiro atoms. The van der Waals surface area contributed by atoms with Crippen molar-refractivity contribution in [2.45, 2.75) is 38.7 Å². The first-order chi connectivity index (χ1) is 16.3. The maximum atomic E-state index is 13.1. The zero-order chi connectivity index (χ0) is 24.4. The van der Waals surface area contributed by atoms with Gasteiger partial charge in [0.15, 0.2) is 17.3 Å². The minimum atomic E-state index is -0.538. The summed E-state index contributed by atoms with van der Waals surface area (Å²) in [5.41, 5.74) is 11.4. The molecule has 0 aromatic heterocycles. The van der Waals surface area contributed by atoms with Crippen molar-refractivity contribution in [1.29, 1.82) is 5.26 Å². The van der Waals surface area contributed by atoms with Gasteiger partial charge >= 0.3 is 0 Å². The molecular formula is C27H30N4O3. The van der Waals surface area contributed by atoms with Crippen LogP contribution in [0.25, 0.3) is 0 Å². The Morgan fingerprint density at radius 3 is 2.65 bits per heavy atom. The maximum absolute atomic E-state index is 13.1. The number of aryl methyl sites for hydroxylation is 1. The van der Waals surface area contributed by atoms with Crippen molar-refractivity contribution in [3.63, 3.8) is 0 Å². The highest BCUT2D eigenvalue weighted by molar-refractivity contribution is 5.99. The molecule has 2 N–H and O–H groups in total. The van der Waals surface area contributed by atoms with Crippen LogP contribution in [0.1, 0.15) is 41.9 Å². The van der Waals surface area contributed by atoms with E-state index in [-0.39, 0.29) is 5.78 Å². The number of allylic oxidation sites excluding steroid dienone is 3. The number of carbonyl (C=O) groups is 1. The Kier molecular flexibility index (Phi) is 6.62. The zero-order valence-corrected chi connectivity index (χ0v) is 20.1. The van der Waals surface area contributed by atoms with Crippen LogP contribution in [0.5, 0.6) is 11.5 Å². The van der Waals surface area contributed by atoms with Gasteiger partial charge in [-0.3, -0.25) is 9.80 Å². The smallest absolute Gasteiger partial charge is 0.161 e. The monoisotopic (exact) mass is 458 g/mol. The topological polar surface area (TPSA) is 91.8 Å². The van der Waals surface area contributed by atoms with Gasteiger partial charge in [0.1, 0.15) is 12.4 Å². The number of rotatable bonds is 6. The number of ketones is 1. The molecule has 2 aliphatic rings. The number of hydrazine groups is 1. The molecule has 1 unspecified atom stereocenters. The Balaban J connectivity index is 1.74. The van der Waals surface area contributed by atoms with Gasteiger partial charge in [-0.1, -0.05) is 35.9 Å². The lowest BCUT2D eigenvalue weighted by atomic mass is 9.76. The lowest BCUT2D eigenvalue weighted by Gasteiger charge is -2.42. The molecule has 1 atom stereocenters. The summed E-state index contributed by atoms with van der Waals surface area (Å²) in [5, 5.41) is 13.7. The first-order valence-electron chi connectivity index (χ1n) is 11.3. The van der Waals surface area contributed by atoms with Gasteiger partial charge in [0.2, 0.25) is 0 Å². The average Bonchev–Trinajstić information content (AvgIpc) is 2.81. The van der Waals surface area contributed by atoms with Crippen molar-refractivity contribution in [2.24, 2.45) is 5.73 Å². The van der Waals surface area contributed by atoms with Gasteiger partial charge in [-0.2, -0.15) is 5.26 Å².